The van der Waals surface area contributed by atoms with Crippen molar-refractivity contribution in [3.05, 3.63) is 29.8 Å². The zero-order chi connectivity index (χ0) is 16.3. The van der Waals surface area contributed by atoms with Crippen LogP contribution in [0, 0.1) is 0 Å². The van der Waals surface area contributed by atoms with Gasteiger partial charge in [0.25, 0.3) is 0 Å². The van der Waals surface area contributed by atoms with Crippen LogP contribution in [-0.4, -0.2) is 38.5 Å². The Balaban J connectivity index is 2.07. The number of carbonyl (C=O) groups excluding carboxylic acids is 2. The van der Waals surface area contributed by atoms with E-state index in [9.17, 15) is 22.8 Å². The molecule has 0 spiro atoms. The fraction of sp³-hybridized carbons (Fsp3) is 0.385. The minimum atomic E-state index is -4.49. The quantitative estimate of drug-likeness (QED) is 0.929. The summed E-state index contributed by atoms with van der Waals surface area (Å²) < 4.78 is 47.4. The van der Waals surface area contributed by atoms with Crippen LogP contribution >= 0.6 is 0 Å². The fourth-order valence-electron chi connectivity index (χ4n) is 1.96. The van der Waals surface area contributed by atoms with E-state index in [1.54, 1.807) is 0 Å². The third kappa shape index (κ3) is 3.60. The van der Waals surface area contributed by atoms with E-state index < -0.39 is 30.0 Å². The smallest absolute Gasteiger partial charge is 0.416 e. The van der Waals surface area contributed by atoms with Crippen molar-refractivity contribution in [1.82, 2.24) is 5.32 Å². The third-order valence-corrected chi connectivity index (χ3v) is 3.02. The third-order valence-electron chi connectivity index (χ3n) is 3.02. The molecule has 1 fully saturated rings. The molecule has 1 unspecified atom stereocenters. The summed E-state index contributed by atoms with van der Waals surface area (Å²) >= 11 is 0. The van der Waals surface area contributed by atoms with Crippen LogP contribution in [0.2, 0.25) is 0 Å². The average molecular weight is 318 g/mol. The van der Waals surface area contributed by atoms with E-state index in [1.807, 2.05) is 0 Å². The lowest BCUT2D eigenvalue weighted by Crippen LogP contribution is -2.34. The van der Waals surface area contributed by atoms with Crippen LogP contribution < -0.4 is 10.2 Å². The number of hydrogen-bond donors (Lipinski definition) is 1. The highest BCUT2D eigenvalue weighted by atomic mass is 19.4. The van der Waals surface area contributed by atoms with Crippen molar-refractivity contribution in [1.29, 1.82) is 0 Å². The van der Waals surface area contributed by atoms with E-state index >= 15 is 0 Å². The summed E-state index contributed by atoms with van der Waals surface area (Å²) in [5.74, 6) is 0. The number of nitrogens with zero attached hydrogens (tertiary/aromatic N) is 1. The molecule has 1 atom stereocenters. The Kier molecular flexibility index (Phi) is 4.43. The Labute approximate surface area is 123 Å². The number of carbonyl (C=O) groups is 2. The normalized spacial score (nSPS) is 18.1. The predicted octanol–water partition coefficient (Wildman–Crippen LogP) is 2.39. The van der Waals surface area contributed by atoms with Crippen molar-refractivity contribution < 1.29 is 32.2 Å². The van der Waals surface area contributed by atoms with Crippen LogP contribution in [0.15, 0.2) is 24.3 Å². The molecule has 0 aliphatic carbocycles. The summed E-state index contributed by atoms with van der Waals surface area (Å²) in [5, 5.41) is 2.36. The zero-order valence-electron chi connectivity index (χ0n) is 11.5. The topological polar surface area (TPSA) is 67.9 Å². The van der Waals surface area contributed by atoms with Gasteiger partial charge < -0.3 is 14.8 Å². The highest BCUT2D eigenvalue weighted by Gasteiger charge is 2.35. The lowest BCUT2D eigenvalue weighted by atomic mass is 10.2. The van der Waals surface area contributed by atoms with E-state index in [-0.39, 0.29) is 18.8 Å². The molecule has 9 heteroatoms. The maximum Gasteiger partial charge on any atom is 0.416 e. The van der Waals surface area contributed by atoms with Gasteiger partial charge in [-0.25, -0.2) is 9.59 Å². The van der Waals surface area contributed by atoms with Crippen molar-refractivity contribution in [2.45, 2.75) is 12.3 Å². The molecule has 22 heavy (non-hydrogen) atoms. The number of alkyl halides is 3. The summed E-state index contributed by atoms with van der Waals surface area (Å²) in [5.41, 5.74) is -0.769. The van der Waals surface area contributed by atoms with Gasteiger partial charge in [-0.1, -0.05) is 6.07 Å². The summed E-state index contributed by atoms with van der Waals surface area (Å²) in [6.07, 6.45) is -6.61. The second kappa shape index (κ2) is 6.12. The molecule has 120 valence electrons. The number of hydrogen-bond acceptors (Lipinski definition) is 4. The monoisotopic (exact) mass is 318 g/mol. The number of rotatable bonds is 3. The van der Waals surface area contributed by atoms with Crippen LogP contribution in [0.5, 0.6) is 0 Å². The highest BCUT2D eigenvalue weighted by molar-refractivity contribution is 5.89. The fourth-order valence-corrected chi connectivity index (χ4v) is 1.96. The second-order valence-electron chi connectivity index (χ2n) is 4.54. The number of benzene rings is 1. The van der Waals surface area contributed by atoms with Gasteiger partial charge in [0.15, 0.2) is 0 Å². The molecule has 1 aliphatic heterocycles. The van der Waals surface area contributed by atoms with Gasteiger partial charge in [0, 0.05) is 5.69 Å². The molecule has 1 aliphatic rings. The molecule has 6 nitrogen and oxygen atoms in total. The number of cyclic esters (lactones) is 1. The van der Waals surface area contributed by atoms with Gasteiger partial charge in [-0.05, 0) is 18.2 Å². The first-order valence-electron chi connectivity index (χ1n) is 6.28. The Hall–Kier alpha value is -2.45. The van der Waals surface area contributed by atoms with Crippen LogP contribution in [0.25, 0.3) is 0 Å². The number of amides is 2. The number of alkyl carbamates (subject to hydrolysis) is 1. The minimum Gasteiger partial charge on any atom is -0.453 e. The Bertz CT molecular complexity index is 577. The first-order valence-corrected chi connectivity index (χ1v) is 6.28. The molecule has 2 rings (SSSR count). The molecular weight excluding hydrogens is 305 g/mol. The van der Waals surface area contributed by atoms with E-state index in [1.165, 1.54) is 19.2 Å². The van der Waals surface area contributed by atoms with Gasteiger partial charge in [-0.2, -0.15) is 13.2 Å². The Morgan fingerprint density at radius 2 is 2.23 bits per heavy atom. The molecule has 1 aromatic rings. The van der Waals surface area contributed by atoms with Crippen molar-refractivity contribution >= 4 is 17.9 Å². The van der Waals surface area contributed by atoms with Gasteiger partial charge in [-0.3, -0.25) is 4.90 Å². The summed E-state index contributed by atoms with van der Waals surface area (Å²) in [6.45, 7) is 0.0397. The van der Waals surface area contributed by atoms with Crippen LogP contribution in [-0.2, 0) is 15.7 Å². The molecule has 1 heterocycles. The number of methoxy groups -OCH3 is 1. The predicted molar refractivity (Wildman–Crippen MR) is 69.5 cm³/mol. The van der Waals surface area contributed by atoms with E-state index in [0.717, 1.165) is 17.0 Å². The van der Waals surface area contributed by atoms with E-state index in [2.05, 4.69) is 10.1 Å². The van der Waals surface area contributed by atoms with Crippen molar-refractivity contribution in [2.24, 2.45) is 0 Å². The molecule has 1 N–H and O–H groups in total. The Morgan fingerprint density at radius 3 is 2.86 bits per heavy atom. The second-order valence-corrected chi connectivity index (χ2v) is 4.54. The first kappa shape index (κ1) is 15.9. The molecule has 0 radical (unpaired) electrons. The van der Waals surface area contributed by atoms with Gasteiger partial charge in [0.05, 0.1) is 25.8 Å². The molecule has 1 aromatic carbocycles. The summed E-state index contributed by atoms with van der Waals surface area (Å²) in [6, 6.07) is 4.39. The van der Waals surface area contributed by atoms with Crippen molar-refractivity contribution in [3.8, 4) is 0 Å². The van der Waals surface area contributed by atoms with Crippen LogP contribution in [0.4, 0.5) is 28.4 Å². The van der Waals surface area contributed by atoms with Crippen molar-refractivity contribution in [3.63, 3.8) is 0 Å². The number of halogens is 3. The number of ether oxygens (including phenoxy) is 2. The maximum atomic E-state index is 12.7. The number of nitrogens with one attached hydrogen (secondary N) is 1. The SMILES string of the molecule is COC(=O)NCC1CN(c2cccc(C(F)(F)F)c2)C(=O)O1. The van der Waals surface area contributed by atoms with Gasteiger partial charge >= 0.3 is 18.4 Å². The summed E-state index contributed by atoms with van der Waals surface area (Å²) in [4.78, 5) is 23.8. The van der Waals surface area contributed by atoms with Gasteiger partial charge in [0.2, 0.25) is 0 Å². The summed E-state index contributed by atoms with van der Waals surface area (Å²) in [7, 11) is 1.19. The number of anilines is 1. The van der Waals surface area contributed by atoms with Gasteiger partial charge in [0.1, 0.15) is 6.10 Å². The first-order chi connectivity index (χ1) is 10.3. The Morgan fingerprint density at radius 1 is 1.50 bits per heavy atom. The molecule has 0 aromatic heterocycles. The highest BCUT2D eigenvalue weighted by Crippen LogP contribution is 2.32. The lowest BCUT2D eigenvalue weighted by molar-refractivity contribution is -0.137. The maximum absolute atomic E-state index is 12.7. The molecule has 0 saturated carbocycles. The van der Waals surface area contributed by atoms with Gasteiger partial charge in [-0.15, -0.1) is 0 Å². The molecule has 1 saturated heterocycles. The molecular formula is C13H13F3N2O4. The van der Waals surface area contributed by atoms with Crippen molar-refractivity contribution in [2.75, 3.05) is 25.1 Å². The van der Waals surface area contributed by atoms with Crippen LogP contribution in [0.1, 0.15) is 5.56 Å². The zero-order valence-corrected chi connectivity index (χ0v) is 11.5. The lowest BCUT2D eigenvalue weighted by Gasteiger charge is -2.15. The standard InChI is InChI=1S/C13H13F3N2O4/c1-21-11(19)17-6-10-7-18(12(20)22-10)9-4-2-3-8(5-9)13(14,15)16/h2-5,10H,6-7H2,1H3,(H,17,19). The van der Waals surface area contributed by atoms with E-state index in [4.69, 9.17) is 4.74 Å². The molecule has 0 bridgehead atoms. The average Bonchev–Trinajstić information content (AvgIpc) is 2.85. The van der Waals surface area contributed by atoms with Crippen LogP contribution in [0.3, 0.4) is 0 Å². The molecule has 2 amide bonds. The largest absolute Gasteiger partial charge is 0.453 e. The van der Waals surface area contributed by atoms with E-state index in [0.29, 0.717) is 0 Å². The minimum absolute atomic E-state index is 0.00781.